The van der Waals surface area contributed by atoms with Crippen LogP contribution in [0.1, 0.15) is 19.7 Å². The second-order valence-electron chi connectivity index (χ2n) is 2.77. The van der Waals surface area contributed by atoms with Crippen LogP contribution in [-0.4, -0.2) is 35.6 Å². The van der Waals surface area contributed by atoms with E-state index in [1.165, 1.54) is 0 Å². The maximum atomic E-state index is 11.6. The van der Waals surface area contributed by atoms with E-state index in [1.807, 2.05) is 0 Å². The van der Waals surface area contributed by atoms with Crippen LogP contribution in [0, 0.1) is 0 Å². The van der Waals surface area contributed by atoms with Crippen LogP contribution in [0.4, 0.5) is 4.79 Å². The molecule has 0 spiro atoms. The predicted molar refractivity (Wildman–Crippen MR) is 55.1 cm³/mol. The van der Waals surface area contributed by atoms with E-state index in [1.54, 1.807) is 13.8 Å². The molecule has 0 aliphatic rings. The summed E-state index contributed by atoms with van der Waals surface area (Å²) in [6.07, 6.45) is 0.343. The Morgan fingerprint density at radius 2 is 2.12 bits per heavy atom. The van der Waals surface area contributed by atoms with Crippen LogP contribution in [0.25, 0.3) is 0 Å². The number of aromatic nitrogens is 3. The van der Waals surface area contributed by atoms with Crippen LogP contribution >= 0.6 is 0 Å². The predicted octanol–water partition coefficient (Wildman–Crippen LogP) is -0.914. The molecule has 0 radical (unpaired) electrons. The molecular weight excluding hydrogens is 252 g/mol. The Morgan fingerprint density at radius 3 is 2.59 bits per heavy atom. The number of nitrogens with zero attached hydrogens (tertiary/aromatic N) is 4. The van der Waals surface area contributed by atoms with Gasteiger partial charge in [0.05, 0.1) is 0 Å². The second kappa shape index (κ2) is 5.39. The van der Waals surface area contributed by atoms with E-state index in [9.17, 15) is 18.0 Å². The third-order valence-corrected chi connectivity index (χ3v) is 2.02. The third-order valence-electron chi connectivity index (χ3n) is 1.71. The number of hydrogen-bond acceptors (Lipinski definition) is 6. The number of carbonyl (C=O) groups excluding carboxylic acids is 1. The summed E-state index contributed by atoms with van der Waals surface area (Å²) < 4.78 is 24.3. The molecule has 9 nitrogen and oxygen atoms in total. The monoisotopic (exact) mass is 262 g/mol. The van der Waals surface area contributed by atoms with Gasteiger partial charge in [0.2, 0.25) is 0 Å². The lowest BCUT2D eigenvalue weighted by atomic mass is 10.5. The summed E-state index contributed by atoms with van der Waals surface area (Å²) >= 11 is 0. The highest BCUT2D eigenvalue weighted by Crippen LogP contribution is 1.93. The molecule has 1 rings (SSSR count). The van der Waals surface area contributed by atoms with Gasteiger partial charge in [0, 0.05) is 6.42 Å². The molecule has 10 heteroatoms. The summed E-state index contributed by atoms with van der Waals surface area (Å²) in [5, 5.41) is 3.63. The fourth-order valence-corrected chi connectivity index (χ4v) is 1.30. The highest BCUT2D eigenvalue weighted by Gasteiger charge is 2.17. The van der Waals surface area contributed by atoms with Gasteiger partial charge in [-0.25, -0.2) is 9.59 Å². The van der Waals surface area contributed by atoms with Gasteiger partial charge in [-0.1, -0.05) is 11.3 Å². The molecule has 0 saturated carbocycles. The second-order valence-corrected chi connectivity index (χ2v) is 3.38. The Bertz CT molecular complexity index is 603. The maximum Gasteiger partial charge on any atom is 0.388 e. The summed E-state index contributed by atoms with van der Waals surface area (Å²) in [6.45, 7) is 3.56. The standard InChI is InChI=1S/C7H10N4O5S/c1-3-5-8-10(6(12)9-17(14)15)7(13)11(5)16-4-2/h3-4H2,1-2H3. The lowest BCUT2D eigenvalue weighted by Crippen LogP contribution is -2.32. The zero-order valence-electron chi connectivity index (χ0n) is 9.15. The van der Waals surface area contributed by atoms with E-state index in [2.05, 4.69) is 9.46 Å². The number of rotatable bonds is 3. The molecule has 17 heavy (non-hydrogen) atoms. The largest absolute Gasteiger partial charge is 0.408 e. The van der Waals surface area contributed by atoms with E-state index < -0.39 is 22.2 Å². The number of carbonyl (C=O) groups is 1. The van der Waals surface area contributed by atoms with Crippen molar-refractivity contribution >= 4 is 16.5 Å². The number of amides is 1. The topological polar surface area (TPSA) is 113 Å². The maximum absolute atomic E-state index is 11.6. The van der Waals surface area contributed by atoms with Gasteiger partial charge in [0.25, 0.3) is 0 Å². The molecule has 0 bridgehead atoms. The first-order chi connectivity index (χ1) is 8.01. The Hall–Kier alpha value is -1.97. The lowest BCUT2D eigenvalue weighted by Gasteiger charge is -2.01. The highest BCUT2D eigenvalue weighted by molar-refractivity contribution is 7.62. The van der Waals surface area contributed by atoms with Crippen LogP contribution in [-0.2, 0) is 16.9 Å². The van der Waals surface area contributed by atoms with E-state index in [0.717, 1.165) is 4.73 Å². The van der Waals surface area contributed by atoms with E-state index in [0.29, 0.717) is 11.1 Å². The van der Waals surface area contributed by atoms with Crippen molar-refractivity contribution in [3.05, 3.63) is 16.3 Å². The minimum Gasteiger partial charge on any atom is -0.408 e. The molecular formula is C7H10N4O5S. The quantitative estimate of drug-likeness (QED) is 0.696. The van der Waals surface area contributed by atoms with E-state index in [4.69, 9.17) is 4.84 Å². The van der Waals surface area contributed by atoms with Crippen LogP contribution < -0.4 is 10.5 Å². The van der Waals surface area contributed by atoms with Crippen LogP contribution in [0.15, 0.2) is 9.16 Å². The van der Waals surface area contributed by atoms with Gasteiger partial charge in [-0.15, -0.1) is 14.5 Å². The Balaban J connectivity index is 3.33. The molecule has 1 amide bonds. The smallest absolute Gasteiger partial charge is 0.388 e. The van der Waals surface area contributed by atoms with Gasteiger partial charge in [0.1, 0.15) is 6.61 Å². The van der Waals surface area contributed by atoms with Gasteiger partial charge in [-0.2, -0.15) is 8.42 Å². The van der Waals surface area contributed by atoms with Gasteiger partial charge in [-0.3, -0.25) is 0 Å². The number of hydrogen-bond donors (Lipinski definition) is 0. The molecule has 94 valence electrons. The Labute approximate surface area is 97.3 Å². The normalized spacial score (nSPS) is 10.0. The van der Waals surface area contributed by atoms with E-state index >= 15 is 0 Å². The molecule has 0 aliphatic carbocycles. The minimum absolute atomic E-state index is 0.206. The summed E-state index contributed by atoms with van der Waals surface area (Å²) in [7, 11) is -2.93. The fourth-order valence-electron chi connectivity index (χ4n) is 1.10. The fraction of sp³-hybridized carbons (Fsp3) is 0.571. The number of aryl methyl sites for hydroxylation is 1. The Morgan fingerprint density at radius 1 is 1.47 bits per heavy atom. The molecule has 0 unspecified atom stereocenters. The van der Waals surface area contributed by atoms with Crippen molar-refractivity contribution in [3.8, 4) is 0 Å². The molecule has 0 atom stereocenters. The van der Waals surface area contributed by atoms with Crippen molar-refractivity contribution in [3.63, 3.8) is 0 Å². The molecule has 0 N–H and O–H groups in total. The summed E-state index contributed by atoms with van der Waals surface area (Å²) in [6, 6.07) is -1.28. The highest BCUT2D eigenvalue weighted by atomic mass is 32.2. The zero-order valence-corrected chi connectivity index (χ0v) is 9.97. The average molecular weight is 262 g/mol. The van der Waals surface area contributed by atoms with Crippen molar-refractivity contribution in [1.82, 2.24) is 14.5 Å². The molecule has 0 aromatic carbocycles. The van der Waals surface area contributed by atoms with Crippen LogP contribution in [0.2, 0.25) is 0 Å². The van der Waals surface area contributed by atoms with Crippen molar-refractivity contribution < 1.29 is 18.0 Å². The summed E-state index contributed by atoms with van der Waals surface area (Å²) in [4.78, 5) is 27.8. The van der Waals surface area contributed by atoms with Crippen molar-refractivity contribution in [2.75, 3.05) is 6.61 Å². The molecule has 0 saturated heterocycles. The molecule has 1 heterocycles. The van der Waals surface area contributed by atoms with Crippen molar-refractivity contribution in [2.24, 2.45) is 4.36 Å². The van der Waals surface area contributed by atoms with Gasteiger partial charge < -0.3 is 4.84 Å². The third kappa shape index (κ3) is 2.78. The minimum atomic E-state index is -2.93. The van der Waals surface area contributed by atoms with Crippen LogP contribution in [0.3, 0.4) is 0 Å². The lowest BCUT2D eigenvalue weighted by molar-refractivity contribution is 0.106. The molecule has 0 fully saturated rings. The van der Waals surface area contributed by atoms with E-state index in [-0.39, 0.29) is 12.4 Å². The molecule has 0 aliphatic heterocycles. The SMILES string of the molecule is CCOn1c(CC)nn(C(=O)N=S(=O)=O)c1=O. The van der Waals surface area contributed by atoms with Crippen LogP contribution in [0.5, 0.6) is 0 Å². The molecule has 1 aromatic rings. The first-order valence-electron chi connectivity index (χ1n) is 4.70. The summed E-state index contributed by atoms with van der Waals surface area (Å²) in [5.74, 6) is 0.206. The average Bonchev–Trinajstić information content (AvgIpc) is 2.56. The van der Waals surface area contributed by atoms with Crippen molar-refractivity contribution in [1.29, 1.82) is 0 Å². The first-order valence-corrected chi connectivity index (χ1v) is 5.74. The summed E-state index contributed by atoms with van der Waals surface area (Å²) in [5.41, 5.74) is -0.886. The van der Waals surface area contributed by atoms with Gasteiger partial charge in [-0.05, 0) is 6.92 Å². The van der Waals surface area contributed by atoms with Gasteiger partial charge >= 0.3 is 22.2 Å². The van der Waals surface area contributed by atoms with Gasteiger partial charge in [0.15, 0.2) is 5.82 Å². The molecule has 1 aromatic heterocycles. The first kappa shape index (κ1) is 13.1. The zero-order chi connectivity index (χ0) is 13.0. The van der Waals surface area contributed by atoms with Crippen molar-refractivity contribution in [2.45, 2.75) is 20.3 Å². The Kier molecular flexibility index (Phi) is 4.15.